The van der Waals surface area contributed by atoms with Crippen LogP contribution in [0.2, 0.25) is 0 Å². The number of amides is 2. The highest BCUT2D eigenvalue weighted by Gasteiger charge is 2.23. The highest BCUT2D eigenvalue weighted by atomic mass is 16.5. The van der Waals surface area contributed by atoms with Crippen LogP contribution in [0.4, 0.5) is 10.5 Å². The quantitative estimate of drug-likeness (QED) is 0.737. The number of nitrogens with one attached hydrogen (secondary N) is 1. The van der Waals surface area contributed by atoms with E-state index >= 15 is 0 Å². The molecule has 1 heterocycles. The van der Waals surface area contributed by atoms with Gasteiger partial charge in [-0.25, -0.2) is 4.79 Å². The van der Waals surface area contributed by atoms with Crippen molar-refractivity contribution in [2.75, 3.05) is 45.3 Å². The molecule has 3 rings (SSSR count). The molecule has 30 heavy (non-hydrogen) atoms. The number of piperazine rings is 1. The molecule has 1 atom stereocenters. The lowest BCUT2D eigenvalue weighted by molar-refractivity contribution is 0.101. The summed E-state index contributed by atoms with van der Waals surface area (Å²) in [6.07, 6.45) is 0. The Morgan fingerprint density at radius 2 is 1.63 bits per heavy atom. The maximum atomic E-state index is 12.8. The molecule has 0 aliphatic carbocycles. The molecule has 0 saturated carbocycles. The maximum absolute atomic E-state index is 12.8. The summed E-state index contributed by atoms with van der Waals surface area (Å²) in [6, 6.07) is 12.9. The van der Waals surface area contributed by atoms with Crippen molar-refractivity contribution in [3.05, 3.63) is 53.6 Å². The van der Waals surface area contributed by atoms with Crippen molar-refractivity contribution in [2.45, 2.75) is 19.9 Å². The number of urea groups is 1. The molecule has 1 unspecified atom stereocenters. The van der Waals surface area contributed by atoms with Crippen LogP contribution in [0, 0.1) is 0 Å². The number of carbonyl (C=O) groups excluding carboxylic acids is 2. The lowest BCUT2D eigenvalue weighted by Gasteiger charge is -2.36. The summed E-state index contributed by atoms with van der Waals surface area (Å²) in [4.78, 5) is 28.2. The fraction of sp³-hybridized carbons (Fsp3) is 0.391. The molecule has 7 heteroatoms. The number of methoxy groups -OCH3 is 2. The summed E-state index contributed by atoms with van der Waals surface area (Å²) in [7, 11) is 3.21. The van der Waals surface area contributed by atoms with E-state index in [1.54, 1.807) is 21.1 Å². The minimum absolute atomic E-state index is 0.0608. The van der Waals surface area contributed by atoms with E-state index in [4.69, 9.17) is 9.47 Å². The number of ether oxygens (including phenoxy) is 2. The molecule has 2 amide bonds. The molecule has 2 aromatic rings. The highest BCUT2D eigenvalue weighted by molar-refractivity contribution is 5.94. The Labute approximate surface area is 177 Å². The number of hydrogen-bond donors (Lipinski definition) is 1. The van der Waals surface area contributed by atoms with Gasteiger partial charge >= 0.3 is 6.03 Å². The SMILES string of the molecule is COc1ccc(C(C)NC(=O)N2CCN(c3ccc(C(C)=O)cc3)CC2)c(OC)c1. The standard InChI is InChI=1S/C23H29N3O4/c1-16(21-10-9-20(29-3)15-22(21)30-4)24-23(28)26-13-11-25(12-14-26)19-7-5-18(6-8-19)17(2)27/h5-10,15-16H,11-14H2,1-4H3,(H,24,28). The van der Waals surface area contributed by atoms with E-state index in [2.05, 4.69) is 10.2 Å². The molecule has 1 saturated heterocycles. The first-order valence-corrected chi connectivity index (χ1v) is 10.1. The summed E-state index contributed by atoms with van der Waals surface area (Å²) < 4.78 is 10.7. The minimum Gasteiger partial charge on any atom is -0.497 e. The lowest BCUT2D eigenvalue weighted by Crippen LogP contribution is -2.52. The largest absolute Gasteiger partial charge is 0.497 e. The molecule has 0 aromatic heterocycles. The van der Waals surface area contributed by atoms with Gasteiger partial charge in [0.1, 0.15) is 11.5 Å². The first kappa shape index (κ1) is 21.5. The molecule has 1 aliphatic rings. The predicted molar refractivity (Wildman–Crippen MR) is 117 cm³/mol. The predicted octanol–water partition coefficient (Wildman–Crippen LogP) is 3.50. The van der Waals surface area contributed by atoms with Crippen LogP contribution in [0.3, 0.4) is 0 Å². The summed E-state index contributed by atoms with van der Waals surface area (Å²) in [5.74, 6) is 1.45. The van der Waals surface area contributed by atoms with E-state index in [-0.39, 0.29) is 17.9 Å². The van der Waals surface area contributed by atoms with Gasteiger partial charge < -0.3 is 24.6 Å². The Hall–Kier alpha value is -3.22. The zero-order chi connectivity index (χ0) is 21.7. The number of hydrogen-bond acceptors (Lipinski definition) is 5. The second-order valence-corrected chi connectivity index (χ2v) is 7.36. The van der Waals surface area contributed by atoms with Gasteiger partial charge in [-0.05, 0) is 50.2 Å². The van der Waals surface area contributed by atoms with Crippen LogP contribution >= 0.6 is 0 Å². The van der Waals surface area contributed by atoms with Gasteiger partial charge in [-0.3, -0.25) is 4.79 Å². The fourth-order valence-electron chi connectivity index (χ4n) is 3.61. The second kappa shape index (κ2) is 9.52. The molecule has 7 nitrogen and oxygen atoms in total. The number of Topliss-reactive ketones (excluding diaryl/α,β-unsaturated/α-hetero) is 1. The Balaban J connectivity index is 1.57. The van der Waals surface area contributed by atoms with Crippen LogP contribution in [0.5, 0.6) is 11.5 Å². The normalized spacial score (nSPS) is 14.8. The van der Waals surface area contributed by atoms with E-state index in [0.717, 1.165) is 24.3 Å². The van der Waals surface area contributed by atoms with Gasteiger partial charge in [0.25, 0.3) is 0 Å². The van der Waals surface area contributed by atoms with Crippen molar-refractivity contribution in [2.24, 2.45) is 0 Å². The Kier molecular flexibility index (Phi) is 6.82. The van der Waals surface area contributed by atoms with Gasteiger partial charge in [0.05, 0.1) is 20.3 Å². The smallest absolute Gasteiger partial charge is 0.317 e. The van der Waals surface area contributed by atoms with Crippen LogP contribution in [0.25, 0.3) is 0 Å². The van der Waals surface area contributed by atoms with Crippen molar-refractivity contribution in [1.29, 1.82) is 0 Å². The molecule has 2 aromatic carbocycles. The zero-order valence-corrected chi connectivity index (χ0v) is 18.0. The summed E-state index contributed by atoms with van der Waals surface area (Å²) >= 11 is 0. The van der Waals surface area contributed by atoms with Crippen LogP contribution in [0.15, 0.2) is 42.5 Å². The van der Waals surface area contributed by atoms with E-state index < -0.39 is 0 Å². The van der Waals surface area contributed by atoms with Gasteiger partial charge in [0.15, 0.2) is 5.78 Å². The van der Waals surface area contributed by atoms with Crippen LogP contribution in [0.1, 0.15) is 35.8 Å². The van der Waals surface area contributed by atoms with E-state index in [1.165, 1.54) is 0 Å². The number of ketones is 1. The van der Waals surface area contributed by atoms with Crippen molar-refractivity contribution in [1.82, 2.24) is 10.2 Å². The van der Waals surface area contributed by atoms with Gasteiger partial charge in [-0.15, -0.1) is 0 Å². The Morgan fingerprint density at radius 1 is 0.967 bits per heavy atom. The van der Waals surface area contributed by atoms with E-state index in [9.17, 15) is 9.59 Å². The van der Waals surface area contributed by atoms with Crippen molar-refractivity contribution in [3.63, 3.8) is 0 Å². The van der Waals surface area contributed by atoms with Gasteiger partial charge in [-0.2, -0.15) is 0 Å². The molecule has 0 spiro atoms. The molecule has 0 bridgehead atoms. The van der Waals surface area contributed by atoms with Crippen LogP contribution < -0.4 is 19.7 Å². The number of anilines is 1. The van der Waals surface area contributed by atoms with E-state index in [1.807, 2.05) is 54.3 Å². The fourth-order valence-corrected chi connectivity index (χ4v) is 3.61. The van der Waals surface area contributed by atoms with Crippen LogP contribution in [-0.4, -0.2) is 57.1 Å². The topological polar surface area (TPSA) is 71.1 Å². The maximum Gasteiger partial charge on any atom is 0.317 e. The molecule has 160 valence electrons. The average Bonchev–Trinajstić information content (AvgIpc) is 2.78. The Bertz CT molecular complexity index is 890. The van der Waals surface area contributed by atoms with Gasteiger partial charge in [-0.1, -0.05) is 0 Å². The summed E-state index contributed by atoms with van der Waals surface area (Å²) in [5.41, 5.74) is 2.67. The third-order valence-corrected chi connectivity index (χ3v) is 5.45. The molecule has 1 aliphatic heterocycles. The molecule has 1 N–H and O–H groups in total. The number of nitrogens with zero attached hydrogens (tertiary/aromatic N) is 2. The van der Waals surface area contributed by atoms with Crippen molar-refractivity contribution < 1.29 is 19.1 Å². The molecular formula is C23H29N3O4. The first-order valence-electron chi connectivity index (χ1n) is 10.1. The summed E-state index contributed by atoms with van der Waals surface area (Å²) in [6.45, 7) is 6.25. The van der Waals surface area contributed by atoms with Crippen molar-refractivity contribution >= 4 is 17.5 Å². The molecular weight excluding hydrogens is 382 g/mol. The monoisotopic (exact) mass is 411 g/mol. The average molecular weight is 412 g/mol. The third-order valence-electron chi connectivity index (χ3n) is 5.45. The number of carbonyl (C=O) groups is 2. The summed E-state index contributed by atoms with van der Waals surface area (Å²) in [5, 5.41) is 3.06. The molecule has 0 radical (unpaired) electrons. The van der Waals surface area contributed by atoms with Crippen LogP contribution in [-0.2, 0) is 0 Å². The number of rotatable bonds is 6. The van der Waals surface area contributed by atoms with Gasteiger partial charge in [0, 0.05) is 49.1 Å². The lowest BCUT2D eigenvalue weighted by atomic mass is 10.1. The van der Waals surface area contributed by atoms with E-state index in [0.29, 0.717) is 30.2 Å². The highest BCUT2D eigenvalue weighted by Crippen LogP contribution is 2.29. The minimum atomic E-state index is -0.199. The van der Waals surface area contributed by atoms with Crippen molar-refractivity contribution in [3.8, 4) is 11.5 Å². The Morgan fingerprint density at radius 3 is 2.20 bits per heavy atom. The van der Waals surface area contributed by atoms with Gasteiger partial charge in [0.2, 0.25) is 0 Å². The molecule has 1 fully saturated rings. The first-order chi connectivity index (χ1) is 14.4. The number of benzene rings is 2. The third kappa shape index (κ3) is 4.84. The second-order valence-electron chi connectivity index (χ2n) is 7.36. The zero-order valence-electron chi connectivity index (χ0n) is 18.0.